The molecule has 88 valence electrons. The Balaban J connectivity index is 2.07. The Morgan fingerprint density at radius 2 is 0.933 bits per heavy atom. The molecule has 0 nitrogen and oxygen atoms in total. The molecule has 2 aliphatic rings. The molecule has 0 radical (unpaired) electrons. The van der Waals surface area contributed by atoms with Crippen molar-refractivity contribution >= 4 is 0 Å². The maximum Gasteiger partial charge on any atom is -0.0334 e. The second-order valence-electron chi connectivity index (χ2n) is 8.17. The Labute approximate surface area is 95.8 Å². The first kappa shape index (κ1) is 11.5. The zero-order valence-electron chi connectivity index (χ0n) is 11.4. The maximum absolute atomic E-state index is 2.43. The largest absolute Gasteiger partial charge is 0.0599 e. The fraction of sp³-hybridized carbons (Fsp3) is 1.00. The van der Waals surface area contributed by atoms with Crippen LogP contribution < -0.4 is 0 Å². The minimum atomic E-state index is 0.544. The van der Waals surface area contributed by atoms with E-state index in [1.165, 1.54) is 19.3 Å². The molecule has 0 saturated heterocycles. The molecule has 0 aliphatic heterocycles. The van der Waals surface area contributed by atoms with Crippen LogP contribution >= 0.6 is 0 Å². The summed E-state index contributed by atoms with van der Waals surface area (Å²) in [5.74, 6) is 4.08. The van der Waals surface area contributed by atoms with Crippen LogP contribution in [0.1, 0.15) is 60.8 Å². The van der Waals surface area contributed by atoms with E-state index in [2.05, 4.69) is 41.5 Å². The highest BCUT2D eigenvalue weighted by atomic mass is 14.6. The lowest BCUT2D eigenvalue weighted by Crippen LogP contribution is -2.33. The van der Waals surface area contributed by atoms with Gasteiger partial charge in [-0.2, -0.15) is 0 Å². The van der Waals surface area contributed by atoms with E-state index in [1.807, 2.05) is 0 Å². The molecule has 2 aliphatic carbocycles. The Morgan fingerprint density at radius 3 is 1.13 bits per heavy atom. The summed E-state index contributed by atoms with van der Waals surface area (Å²) in [5.41, 5.74) is 1.09. The summed E-state index contributed by atoms with van der Waals surface area (Å²) >= 11 is 0. The lowest BCUT2D eigenvalue weighted by atomic mass is 9.64. The molecule has 2 saturated carbocycles. The molecule has 0 aromatic rings. The lowest BCUT2D eigenvalue weighted by Gasteiger charge is -2.41. The average Bonchev–Trinajstić information content (AvgIpc) is 2.57. The SMILES string of the molecule is CC(C)(C)C1C[C@H]2CC1CC2C(C)(C)C. The molecule has 2 rings (SSSR count). The highest BCUT2D eigenvalue weighted by Crippen LogP contribution is 2.60. The number of hydrogen-bond donors (Lipinski definition) is 0. The second kappa shape index (κ2) is 3.25. The molecular formula is C15H28. The van der Waals surface area contributed by atoms with Crippen molar-refractivity contribution in [2.75, 3.05) is 0 Å². The molecule has 15 heavy (non-hydrogen) atoms. The predicted molar refractivity (Wildman–Crippen MR) is 66.7 cm³/mol. The average molecular weight is 208 g/mol. The smallest absolute Gasteiger partial charge is 0.0334 e. The first-order chi connectivity index (χ1) is 6.69. The third-order valence-electron chi connectivity index (χ3n) is 5.08. The van der Waals surface area contributed by atoms with Gasteiger partial charge in [0.05, 0.1) is 0 Å². The number of rotatable bonds is 0. The van der Waals surface area contributed by atoms with E-state index >= 15 is 0 Å². The molecule has 3 unspecified atom stereocenters. The van der Waals surface area contributed by atoms with E-state index in [9.17, 15) is 0 Å². The van der Waals surface area contributed by atoms with Crippen molar-refractivity contribution in [2.45, 2.75) is 60.8 Å². The standard InChI is InChI=1S/C15H28/c1-14(2,3)12-8-11-7-10(12)9-13(11)15(4,5)6/h10-13H,7-9H2,1-6H3/t10-,11?,12?,13?/m1/s1. The molecule has 0 aromatic carbocycles. The Hall–Kier alpha value is 0. The fourth-order valence-electron chi connectivity index (χ4n) is 4.40. The summed E-state index contributed by atoms with van der Waals surface area (Å²) in [5, 5.41) is 0. The fourth-order valence-corrected chi connectivity index (χ4v) is 4.40. The highest BCUT2D eigenvalue weighted by Gasteiger charge is 2.51. The summed E-state index contributed by atoms with van der Waals surface area (Å²) in [6.07, 6.45) is 4.55. The van der Waals surface area contributed by atoms with Crippen molar-refractivity contribution < 1.29 is 0 Å². The first-order valence-corrected chi connectivity index (χ1v) is 6.69. The minimum absolute atomic E-state index is 0.544. The maximum atomic E-state index is 2.43. The topological polar surface area (TPSA) is 0 Å². The summed E-state index contributed by atoms with van der Waals surface area (Å²) in [6, 6.07) is 0. The second-order valence-corrected chi connectivity index (χ2v) is 8.17. The van der Waals surface area contributed by atoms with Gasteiger partial charge in [-0.3, -0.25) is 0 Å². The van der Waals surface area contributed by atoms with Gasteiger partial charge in [-0.15, -0.1) is 0 Å². The van der Waals surface area contributed by atoms with Crippen LogP contribution in [-0.2, 0) is 0 Å². The normalized spacial score (nSPS) is 41.2. The molecule has 0 aromatic heterocycles. The molecular weight excluding hydrogens is 180 g/mol. The predicted octanol–water partition coefficient (Wildman–Crippen LogP) is 4.74. The Kier molecular flexibility index (Phi) is 2.48. The van der Waals surface area contributed by atoms with Crippen molar-refractivity contribution in [1.82, 2.24) is 0 Å². The van der Waals surface area contributed by atoms with E-state index in [4.69, 9.17) is 0 Å². The van der Waals surface area contributed by atoms with E-state index in [0.717, 1.165) is 23.7 Å². The monoisotopic (exact) mass is 208 g/mol. The van der Waals surface area contributed by atoms with E-state index in [0.29, 0.717) is 10.8 Å². The van der Waals surface area contributed by atoms with Gasteiger partial charge in [0.2, 0.25) is 0 Å². The molecule has 2 fully saturated rings. The lowest BCUT2D eigenvalue weighted by molar-refractivity contribution is 0.0859. The highest BCUT2D eigenvalue weighted by molar-refractivity contribution is 5.01. The molecule has 4 atom stereocenters. The van der Waals surface area contributed by atoms with Gasteiger partial charge in [-0.05, 0) is 53.8 Å². The van der Waals surface area contributed by atoms with Crippen LogP contribution in [0.25, 0.3) is 0 Å². The summed E-state index contributed by atoms with van der Waals surface area (Å²) in [6.45, 7) is 14.6. The third kappa shape index (κ3) is 1.97. The van der Waals surface area contributed by atoms with Crippen LogP contribution in [-0.4, -0.2) is 0 Å². The quantitative estimate of drug-likeness (QED) is 0.539. The van der Waals surface area contributed by atoms with Crippen LogP contribution in [0.5, 0.6) is 0 Å². The van der Waals surface area contributed by atoms with Crippen LogP contribution in [0.15, 0.2) is 0 Å². The molecule has 2 bridgehead atoms. The third-order valence-corrected chi connectivity index (χ3v) is 5.08. The first-order valence-electron chi connectivity index (χ1n) is 6.69. The van der Waals surface area contributed by atoms with Crippen molar-refractivity contribution in [3.8, 4) is 0 Å². The van der Waals surface area contributed by atoms with E-state index in [-0.39, 0.29) is 0 Å². The summed E-state index contributed by atoms with van der Waals surface area (Å²) in [4.78, 5) is 0. The zero-order chi connectivity index (χ0) is 11.4. The van der Waals surface area contributed by atoms with Gasteiger partial charge in [0, 0.05) is 0 Å². The summed E-state index contributed by atoms with van der Waals surface area (Å²) in [7, 11) is 0. The number of hydrogen-bond acceptors (Lipinski definition) is 0. The van der Waals surface area contributed by atoms with Gasteiger partial charge in [-0.25, -0.2) is 0 Å². The van der Waals surface area contributed by atoms with Crippen LogP contribution in [0.2, 0.25) is 0 Å². The Morgan fingerprint density at radius 1 is 0.600 bits per heavy atom. The van der Waals surface area contributed by atoms with Crippen LogP contribution in [0, 0.1) is 34.5 Å². The van der Waals surface area contributed by atoms with E-state index < -0.39 is 0 Å². The molecule has 0 heteroatoms. The molecule has 0 N–H and O–H groups in total. The summed E-state index contributed by atoms with van der Waals surface area (Å²) < 4.78 is 0. The minimum Gasteiger partial charge on any atom is -0.0599 e. The number of fused-ring (bicyclic) bond motifs is 2. The van der Waals surface area contributed by atoms with Gasteiger partial charge < -0.3 is 0 Å². The van der Waals surface area contributed by atoms with Crippen molar-refractivity contribution in [3.63, 3.8) is 0 Å². The van der Waals surface area contributed by atoms with Gasteiger partial charge in [0.1, 0.15) is 0 Å². The molecule has 0 amide bonds. The van der Waals surface area contributed by atoms with Crippen LogP contribution in [0.3, 0.4) is 0 Å². The molecule has 0 heterocycles. The zero-order valence-corrected chi connectivity index (χ0v) is 11.4. The van der Waals surface area contributed by atoms with Gasteiger partial charge >= 0.3 is 0 Å². The molecule has 0 spiro atoms. The van der Waals surface area contributed by atoms with Gasteiger partial charge in [-0.1, -0.05) is 41.5 Å². The van der Waals surface area contributed by atoms with Crippen LogP contribution in [0.4, 0.5) is 0 Å². The van der Waals surface area contributed by atoms with E-state index in [1.54, 1.807) is 0 Å². The van der Waals surface area contributed by atoms with Crippen molar-refractivity contribution in [3.05, 3.63) is 0 Å². The van der Waals surface area contributed by atoms with Gasteiger partial charge in [0.15, 0.2) is 0 Å². The van der Waals surface area contributed by atoms with Crippen molar-refractivity contribution in [1.29, 1.82) is 0 Å². The van der Waals surface area contributed by atoms with Gasteiger partial charge in [0.25, 0.3) is 0 Å². The van der Waals surface area contributed by atoms with Crippen molar-refractivity contribution in [2.24, 2.45) is 34.5 Å². The Bertz CT molecular complexity index is 212.